The number of benzene rings is 1. The number of hydrogen-bond donors (Lipinski definition) is 5. The van der Waals surface area contributed by atoms with Crippen LogP contribution in [0.25, 0.3) is 0 Å². The van der Waals surface area contributed by atoms with Crippen LogP contribution in [0.2, 0.25) is 0 Å². The minimum atomic E-state index is -3.23. The highest BCUT2D eigenvalue weighted by Crippen LogP contribution is 2.60. The zero-order chi connectivity index (χ0) is 32.3. The summed E-state index contributed by atoms with van der Waals surface area (Å²) in [5, 5.41) is 46.2. The molecule has 6 atom stereocenters. The fraction of sp³-hybridized carbons (Fsp3) is 0.533. The Hall–Kier alpha value is -2.94. The van der Waals surface area contributed by atoms with Gasteiger partial charge in [-0.05, 0) is 38.6 Å². The largest absolute Gasteiger partial charge is 0.510 e. The number of nitrogens with two attached hydrogens (primary N) is 1. The highest BCUT2D eigenvalue weighted by molar-refractivity contribution is 9.09. The molecule has 0 spiro atoms. The molecule has 0 aliphatic heterocycles. The second-order valence-electron chi connectivity index (χ2n) is 11.9. The number of nitrogens with zero attached hydrogens (tertiary/aromatic N) is 1. The number of esters is 1. The van der Waals surface area contributed by atoms with Crippen molar-refractivity contribution in [3.63, 3.8) is 0 Å². The van der Waals surface area contributed by atoms with Gasteiger partial charge in [0.1, 0.15) is 28.9 Å². The molecule has 4 aliphatic rings. The van der Waals surface area contributed by atoms with Crippen LogP contribution < -0.4 is 5.73 Å². The number of rotatable bonds is 8. The predicted octanol–water partition coefficient (Wildman–Crippen LogP) is 2.74. The Balaban J connectivity index is 1.85. The van der Waals surface area contributed by atoms with Crippen LogP contribution in [-0.4, -0.2) is 103 Å². The van der Waals surface area contributed by atoms with Gasteiger partial charge in [0.15, 0.2) is 17.1 Å². The maximum absolute atomic E-state index is 18.6. The van der Waals surface area contributed by atoms with Gasteiger partial charge in [0, 0.05) is 22.3 Å². The lowest BCUT2D eigenvalue weighted by molar-refractivity contribution is -0.193. The topological polar surface area (TPSA) is 188 Å². The highest BCUT2D eigenvalue weighted by Gasteiger charge is 2.74. The van der Waals surface area contributed by atoms with E-state index in [0.717, 1.165) is 25.7 Å². The number of aliphatic hydroxyl groups is 3. The number of aromatic hydroxyl groups is 1. The zero-order valence-corrected chi connectivity index (χ0v) is 26.5. The number of alkyl halides is 2. The minimum Gasteiger partial charge on any atom is -0.510 e. The standard InChI is InChI=1S/C30H34BrFN2O9S/c1-34(2)22-20-27(43-17(36)10-11-31)29(32)15(12-44-13-6-3-4-7-13)14-8-5-9-16(35)18(14)23(37)21(29)26(40)30(20,42)25(39)19(24(22)38)28(33)41/h5,8-9,13,15,20,22,27,35,38,40,42H,3-4,6-7,10-12H2,1-2H3,(H2,33,41)/t15-,20+,22-,27+,29-,30+/m0/s1. The van der Waals surface area contributed by atoms with Crippen molar-refractivity contribution in [2.75, 3.05) is 25.2 Å². The molecule has 4 aliphatic carbocycles. The van der Waals surface area contributed by atoms with E-state index in [1.165, 1.54) is 49.0 Å². The monoisotopic (exact) mass is 696 g/mol. The zero-order valence-electron chi connectivity index (χ0n) is 24.1. The van der Waals surface area contributed by atoms with E-state index in [1.807, 2.05) is 0 Å². The molecule has 0 unspecified atom stereocenters. The van der Waals surface area contributed by atoms with Crippen molar-refractivity contribution in [1.29, 1.82) is 0 Å². The van der Waals surface area contributed by atoms with Gasteiger partial charge in [-0.15, -0.1) is 0 Å². The highest BCUT2D eigenvalue weighted by atomic mass is 79.9. The smallest absolute Gasteiger partial charge is 0.307 e. The number of primary amides is 1. The Morgan fingerprint density at radius 1 is 1.18 bits per heavy atom. The molecule has 5 rings (SSSR count). The van der Waals surface area contributed by atoms with E-state index in [1.54, 1.807) is 0 Å². The number of carbonyl (C=O) groups excluding carboxylic acids is 4. The third-order valence-electron chi connectivity index (χ3n) is 9.23. The van der Waals surface area contributed by atoms with Crippen LogP contribution >= 0.6 is 27.7 Å². The molecule has 0 heterocycles. The van der Waals surface area contributed by atoms with E-state index in [0.29, 0.717) is 0 Å². The van der Waals surface area contributed by atoms with Gasteiger partial charge in [0.2, 0.25) is 5.78 Å². The first kappa shape index (κ1) is 32.5. The van der Waals surface area contributed by atoms with Crippen molar-refractivity contribution in [1.82, 2.24) is 4.90 Å². The summed E-state index contributed by atoms with van der Waals surface area (Å²) >= 11 is 4.58. The molecule has 14 heteroatoms. The van der Waals surface area contributed by atoms with Crippen LogP contribution in [0.3, 0.4) is 0 Å². The molecule has 1 aromatic rings. The molecule has 0 saturated heterocycles. The van der Waals surface area contributed by atoms with Gasteiger partial charge < -0.3 is 30.9 Å². The summed E-state index contributed by atoms with van der Waals surface area (Å²) in [6.07, 6.45) is 1.36. The van der Waals surface area contributed by atoms with E-state index < -0.39 is 87.1 Å². The Morgan fingerprint density at radius 3 is 2.43 bits per heavy atom. The van der Waals surface area contributed by atoms with Gasteiger partial charge in [0.25, 0.3) is 5.91 Å². The molecule has 11 nitrogen and oxygen atoms in total. The average Bonchev–Trinajstić information content (AvgIpc) is 3.46. The minimum absolute atomic E-state index is 0.0221. The van der Waals surface area contributed by atoms with Gasteiger partial charge in [-0.2, -0.15) is 11.8 Å². The number of phenolic OH excluding ortho intramolecular Hbond substituents is 1. The first-order valence-electron chi connectivity index (χ1n) is 14.3. The van der Waals surface area contributed by atoms with Crippen molar-refractivity contribution >= 4 is 51.1 Å². The Labute approximate surface area is 265 Å². The van der Waals surface area contributed by atoms with Gasteiger partial charge in [-0.1, -0.05) is 40.9 Å². The first-order valence-corrected chi connectivity index (χ1v) is 16.4. The quantitative estimate of drug-likeness (QED) is 0.153. The summed E-state index contributed by atoms with van der Waals surface area (Å²) in [4.78, 5) is 54.7. The van der Waals surface area contributed by atoms with E-state index in [4.69, 9.17) is 10.5 Å². The van der Waals surface area contributed by atoms with E-state index in [-0.39, 0.29) is 33.9 Å². The number of aliphatic hydroxyl groups excluding tert-OH is 2. The summed E-state index contributed by atoms with van der Waals surface area (Å²) in [5.74, 6) is -11.2. The van der Waals surface area contributed by atoms with Gasteiger partial charge >= 0.3 is 5.97 Å². The molecule has 1 saturated carbocycles. The van der Waals surface area contributed by atoms with Crippen LogP contribution in [0.4, 0.5) is 4.39 Å². The normalized spacial score (nSPS) is 32.0. The van der Waals surface area contributed by atoms with Crippen molar-refractivity contribution < 1.29 is 48.7 Å². The number of hydrogen-bond acceptors (Lipinski definition) is 11. The van der Waals surface area contributed by atoms with Gasteiger partial charge in [-0.25, -0.2) is 4.39 Å². The van der Waals surface area contributed by atoms with Crippen LogP contribution in [0.15, 0.2) is 40.9 Å². The molecule has 0 radical (unpaired) electrons. The van der Waals surface area contributed by atoms with Crippen molar-refractivity contribution in [2.45, 2.75) is 66.7 Å². The van der Waals surface area contributed by atoms with Crippen LogP contribution in [-0.2, 0) is 19.1 Å². The van der Waals surface area contributed by atoms with Crippen molar-refractivity contribution in [3.05, 3.63) is 52.0 Å². The molecule has 0 aromatic heterocycles. The number of carbonyl (C=O) groups is 4. The number of fused-ring (bicyclic) bond motifs is 3. The lowest BCUT2D eigenvalue weighted by Crippen LogP contribution is -2.73. The Morgan fingerprint density at radius 2 is 1.84 bits per heavy atom. The maximum atomic E-state index is 18.6. The third-order valence-corrected chi connectivity index (χ3v) is 11.1. The molecule has 6 N–H and O–H groups in total. The van der Waals surface area contributed by atoms with E-state index >= 15 is 4.39 Å². The third kappa shape index (κ3) is 4.67. The Kier molecular flexibility index (Phi) is 8.68. The Bertz CT molecular complexity index is 1490. The number of ether oxygens (including phenoxy) is 1. The van der Waals surface area contributed by atoms with E-state index in [2.05, 4.69) is 15.9 Å². The summed E-state index contributed by atoms with van der Waals surface area (Å²) in [7, 11) is 2.81. The fourth-order valence-corrected chi connectivity index (χ4v) is 9.15. The number of phenols is 1. The van der Waals surface area contributed by atoms with Crippen LogP contribution in [0, 0.1) is 5.92 Å². The molecule has 1 fully saturated rings. The number of amides is 1. The lowest BCUT2D eigenvalue weighted by Gasteiger charge is -2.56. The number of ketones is 2. The van der Waals surface area contributed by atoms with Crippen LogP contribution in [0.5, 0.6) is 5.75 Å². The van der Waals surface area contributed by atoms with E-state index in [9.17, 15) is 39.6 Å². The molecule has 1 aromatic carbocycles. The summed E-state index contributed by atoms with van der Waals surface area (Å²) in [6.45, 7) is 0. The first-order chi connectivity index (χ1) is 20.7. The van der Waals surface area contributed by atoms with Crippen LogP contribution in [0.1, 0.15) is 53.9 Å². The lowest BCUT2D eigenvalue weighted by atomic mass is 9.53. The van der Waals surface area contributed by atoms with Crippen molar-refractivity contribution in [3.8, 4) is 5.75 Å². The molecule has 1 amide bonds. The SMILES string of the molecule is CN(C)[C@@H]1C(O)=C(C(N)=O)C(=O)[C@@]2(O)C(O)=C3C(=O)c4c(O)cccc4[C@H](CSC4CCCC4)[C@@]3(F)[C@H](OC(=O)CCBr)[C@@H]12. The number of likely N-dealkylation sites (N-methyl/N-ethyl adjacent to an activating group) is 1. The molecular weight excluding hydrogens is 663 g/mol. The molecule has 44 heavy (non-hydrogen) atoms. The average molecular weight is 698 g/mol. The molecule has 0 bridgehead atoms. The summed E-state index contributed by atoms with van der Waals surface area (Å²) in [6, 6.07) is 2.55. The second-order valence-corrected chi connectivity index (χ2v) is 14.0. The van der Waals surface area contributed by atoms with Gasteiger partial charge in [0.05, 0.1) is 29.5 Å². The van der Waals surface area contributed by atoms with Crippen molar-refractivity contribution in [2.24, 2.45) is 11.7 Å². The van der Waals surface area contributed by atoms with Gasteiger partial charge in [-0.3, -0.25) is 24.1 Å². The number of halogens is 2. The summed E-state index contributed by atoms with van der Waals surface area (Å²) < 4.78 is 24.3. The fourth-order valence-electron chi connectivity index (χ4n) is 7.27. The maximum Gasteiger partial charge on any atom is 0.307 e. The number of Topliss-reactive ketones (excluding diaryl/α,β-unsaturated/α-hetero) is 2. The summed E-state index contributed by atoms with van der Waals surface area (Å²) in [5.41, 5.74) is -3.20. The second kappa shape index (κ2) is 11.8. The molecule has 238 valence electrons. The number of thioether (sulfide) groups is 1. The predicted molar refractivity (Wildman–Crippen MR) is 161 cm³/mol. The molecular formula is C30H34BrFN2O9S.